The SMILES string of the molecule is c1ccc2c(c1)OCC2c1nc2ncccc2[nH]1. The van der Waals surface area contributed by atoms with Crippen molar-refractivity contribution in [3.63, 3.8) is 0 Å². The molecule has 4 rings (SSSR count). The molecule has 18 heavy (non-hydrogen) atoms. The van der Waals surface area contributed by atoms with E-state index < -0.39 is 0 Å². The van der Waals surface area contributed by atoms with Gasteiger partial charge in [0.25, 0.3) is 0 Å². The average Bonchev–Trinajstić information content (AvgIpc) is 3.02. The van der Waals surface area contributed by atoms with E-state index in [9.17, 15) is 0 Å². The predicted octanol–water partition coefficient (Wildman–Crippen LogP) is 2.48. The minimum atomic E-state index is 0.176. The molecule has 0 saturated carbocycles. The van der Waals surface area contributed by atoms with Crippen LogP contribution in [-0.2, 0) is 0 Å². The van der Waals surface area contributed by atoms with Gasteiger partial charge < -0.3 is 9.72 Å². The fraction of sp³-hybridized carbons (Fsp3) is 0.143. The van der Waals surface area contributed by atoms with Crippen LogP contribution in [0.15, 0.2) is 42.6 Å². The van der Waals surface area contributed by atoms with E-state index in [0.29, 0.717) is 6.61 Å². The van der Waals surface area contributed by atoms with Crippen molar-refractivity contribution in [3.05, 3.63) is 54.0 Å². The molecule has 1 aromatic carbocycles. The number of benzene rings is 1. The lowest BCUT2D eigenvalue weighted by Crippen LogP contribution is -2.04. The molecular weight excluding hydrogens is 226 g/mol. The summed E-state index contributed by atoms with van der Waals surface area (Å²) in [6, 6.07) is 12.0. The molecule has 1 aliphatic rings. The van der Waals surface area contributed by atoms with Crippen molar-refractivity contribution in [2.75, 3.05) is 6.61 Å². The molecule has 1 unspecified atom stereocenters. The van der Waals surface area contributed by atoms with Gasteiger partial charge in [-0.25, -0.2) is 9.97 Å². The maximum Gasteiger partial charge on any atom is 0.177 e. The van der Waals surface area contributed by atoms with E-state index >= 15 is 0 Å². The summed E-state index contributed by atoms with van der Waals surface area (Å²) in [6.45, 7) is 0.638. The highest BCUT2D eigenvalue weighted by molar-refractivity contribution is 5.70. The van der Waals surface area contributed by atoms with Gasteiger partial charge in [-0.3, -0.25) is 0 Å². The van der Waals surface area contributed by atoms with Crippen molar-refractivity contribution in [2.24, 2.45) is 0 Å². The summed E-state index contributed by atoms with van der Waals surface area (Å²) in [5, 5.41) is 0. The first-order chi connectivity index (χ1) is 8.92. The largest absolute Gasteiger partial charge is 0.492 e. The zero-order valence-corrected chi connectivity index (χ0v) is 9.63. The van der Waals surface area contributed by atoms with Crippen LogP contribution in [0.1, 0.15) is 17.3 Å². The molecule has 2 aromatic heterocycles. The monoisotopic (exact) mass is 237 g/mol. The molecule has 88 valence electrons. The Balaban J connectivity index is 1.85. The molecule has 4 heteroatoms. The quantitative estimate of drug-likeness (QED) is 0.707. The van der Waals surface area contributed by atoms with Gasteiger partial charge in [0, 0.05) is 11.8 Å². The maximum atomic E-state index is 5.68. The second kappa shape index (κ2) is 3.57. The summed E-state index contributed by atoms with van der Waals surface area (Å²) in [5.74, 6) is 2.06. The molecule has 3 aromatic rings. The van der Waals surface area contributed by atoms with Gasteiger partial charge in [-0.05, 0) is 18.2 Å². The number of para-hydroxylation sites is 1. The normalized spacial score (nSPS) is 17.7. The summed E-state index contributed by atoms with van der Waals surface area (Å²) in [7, 11) is 0. The van der Waals surface area contributed by atoms with Crippen LogP contribution in [0.2, 0.25) is 0 Å². The van der Waals surface area contributed by atoms with Crippen molar-refractivity contribution in [1.29, 1.82) is 0 Å². The standard InChI is InChI=1S/C14H11N3O/c1-2-6-12-9(4-1)10(8-18-12)13-16-11-5-3-7-15-14(11)17-13/h1-7,10H,8H2,(H,15,16,17). The van der Waals surface area contributed by atoms with E-state index in [4.69, 9.17) is 4.74 Å². The highest BCUT2D eigenvalue weighted by Crippen LogP contribution is 2.36. The molecule has 0 spiro atoms. The summed E-state index contributed by atoms with van der Waals surface area (Å²) in [5.41, 5.74) is 2.92. The molecule has 0 bridgehead atoms. The summed E-state index contributed by atoms with van der Waals surface area (Å²) >= 11 is 0. The van der Waals surface area contributed by atoms with Gasteiger partial charge >= 0.3 is 0 Å². The number of H-pyrrole nitrogens is 1. The number of rotatable bonds is 1. The lowest BCUT2D eigenvalue weighted by molar-refractivity contribution is 0.340. The molecule has 1 aliphatic heterocycles. The molecule has 4 nitrogen and oxygen atoms in total. The Bertz CT molecular complexity index is 687. The zero-order chi connectivity index (χ0) is 11.9. The first-order valence-electron chi connectivity index (χ1n) is 5.94. The molecule has 0 fully saturated rings. The first-order valence-corrected chi connectivity index (χ1v) is 5.94. The van der Waals surface area contributed by atoms with E-state index in [1.807, 2.05) is 30.3 Å². The van der Waals surface area contributed by atoms with Gasteiger partial charge in [-0.2, -0.15) is 0 Å². The van der Waals surface area contributed by atoms with Gasteiger partial charge in [-0.15, -0.1) is 0 Å². The predicted molar refractivity (Wildman–Crippen MR) is 67.7 cm³/mol. The van der Waals surface area contributed by atoms with Gasteiger partial charge in [0.1, 0.15) is 18.2 Å². The summed E-state index contributed by atoms with van der Waals surface area (Å²) < 4.78 is 5.68. The second-order valence-corrected chi connectivity index (χ2v) is 4.40. The summed E-state index contributed by atoms with van der Waals surface area (Å²) in [4.78, 5) is 12.1. The number of nitrogens with one attached hydrogen (secondary N) is 1. The molecule has 0 radical (unpaired) electrons. The Hall–Kier alpha value is -2.36. The molecular formula is C14H11N3O. The lowest BCUT2D eigenvalue weighted by Gasteiger charge is -2.03. The van der Waals surface area contributed by atoms with Crippen LogP contribution in [0.4, 0.5) is 0 Å². The van der Waals surface area contributed by atoms with E-state index in [2.05, 4.69) is 21.0 Å². The fourth-order valence-electron chi connectivity index (χ4n) is 2.42. The van der Waals surface area contributed by atoms with E-state index in [0.717, 1.165) is 22.7 Å². The highest BCUT2D eigenvalue weighted by atomic mass is 16.5. The maximum absolute atomic E-state index is 5.68. The number of fused-ring (bicyclic) bond motifs is 2. The van der Waals surface area contributed by atoms with Crippen LogP contribution >= 0.6 is 0 Å². The van der Waals surface area contributed by atoms with Gasteiger partial charge in [-0.1, -0.05) is 18.2 Å². The van der Waals surface area contributed by atoms with Gasteiger partial charge in [0.2, 0.25) is 0 Å². The lowest BCUT2D eigenvalue weighted by atomic mass is 10.0. The van der Waals surface area contributed by atoms with Crippen molar-refractivity contribution >= 4 is 11.2 Å². The van der Waals surface area contributed by atoms with Crippen LogP contribution in [0.3, 0.4) is 0 Å². The second-order valence-electron chi connectivity index (χ2n) is 4.40. The number of ether oxygens (including phenoxy) is 1. The zero-order valence-electron chi connectivity index (χ0n) is 9.63. The third kappa shape index (κ3) is 1.32. The Labute approximate surface area is 104 Å². The van der Waals surface area contributed by atoms with Crippen molar-refractivity contribution in [2.45, 2.75) is 5.92 Å². The smallest absolute Gasteiger partial charge is 0.177 e. The average molecular weight is 237 g/mol. The van der Waals surface area contributed by atoms with E-state index in [-0.39, 0.29) is 5.92 Å². The number of nitrogens with zero attached hydrogens (tertiary/aromatic N) is 2. The molecule has 3 heterocycles. The van der Waals surface area contributed by atoms with Crippen molar-refractivity contribution in [1.82, 2.24) is 15.0 Å². The highest BCUT2D eigenvalue weighted by Gasteiger charge is 2.27. The number of hydrogen-bond donors (Lipinski definition) is 1. The number of hydrogen-bond acceptors (Lipinski definition) is 3. The van der Waals surface area contributed by atoms with E-state index in [1.165, 1.54) is 5.56 Å². The molecule has 1 N–H and O–H groups in total. The Kier molecular flexibility index (Phi) is 1.91. The number of aromatic nitrogens is 3. The molecule has 0 amide bonds. The van der Waals surface area contributed by atoms with Gasteiger partial charge in [0.05, 0.1) is 11.4 Å². The van der Waals surface area contributed by atoms with Crippen LogP contribution < -0.4 is 4.74 Å². The Morgan fingerprint density at radius 2 is 2.11 bits per heavy atom. The number of pyridine rings is 1. The summed E-state index contributed by atoms with van der Waals surface area (Å²) in [6.07, 6.45) is 1.76. The number of aromatic amines is 1. The van der Waals surface area contributed by atoms with Gasteiger partial charge in [0.15, 0.2) is 5.65 Å². The third-order valence-electron chi connectivity index (χ3n) is 3.31. The van der Waals surface area contributed by atoms with E-state index in [1.54, 1.807) is 6.20 Å². The third-order valence-corrected chi connectivity index (χ3v) is 3.31. The van der Waals surface area contributed by atoms with Crippen LogP contribution in [0.5, 0.6) is 5.75 Å². The van der Waals surface area contributed by atoms with Crippen molar-refractivity contribution < 1.29 is 4.74 Å². The molecule has 0 aliphatic carbocycles. The van der Waals surface area contributed by atoms with Crippen molar-refractivity contribution in [3.8, 4) is 5.75 Å². The Morgan fingerprint density at radius 1 is 1.17 bits per heavy atom. The topological polar surface area (TPSA) is 50.8 Å². The first kappa shape index (κ1) is 9.65. The van der Waals surface area contributed by atoms with Crippen LogP contribution in [0.25, 0.3) is 11.2 Å². The minimum absolute atomic E-state index is 0.176. The van der Waals surface area contributed by atoms with Crippen LogP contribution in [-0.4, -0.2) is 21.6 Å². The minimum Gasteiger partial charge on any atom is -0.492 e. The van der Waals surface area contributed by atoms with Crippen LogP contribution in [0, 0.1) is 0 Å². The molecule has 0 saturated heterocycles. The number of imidazole rings is 1. The molecule has 1 atom stereocenters. The fourth-order valence-corrected chi connectivity index (χ4v) is 2.42. The Morgan fingerprint density at radius 3 is 3.06 bits per heavy atom.